The van der Waals surface area contributed by atoms with Crippen LogP contribution in [0, 0.1) is 0 Å². The summed E-state index contributed by atoms with van der Waals surface area (Å²) in [6, 6.07) is 57.2. The van der Waals surface area contributed by atoms with Gasteiger partial charge in [0.1, 0.15) is 0 Å². The SMILES string of the molecule is c1ccc(N(c2ccccc2-c2cccc3c2CCCC3)c2cccc3c2-c2cccc4c2C32c3ccccc3-c3cccc-4c32)cc1. The minimum atomic E-state index is -0.305. The van der Waals surface area contributed by atoms with E-state index in [-0.39, 0.29) is 5.41 Å². The Labute approximate surface area is 281 Å². The fourth-order valence-electron chi connectivity index (χ4n) is 9.89. The van der Waals surface area contributed by atoms with Gasteiger partial charge in [-0.05, 0) is 117 Å². The number of anilines is 3. The Morgan fingerprint density at radius 2 is 0.958 bits per heavy atom. The molecule has 11 rings (SSSR count). The van der Waals surface area contributed by atoms with Crippen molar-refractivity contribution in [3.63, 3.8) is 0 Å². The van der Waals surface area contributed by atoms with E-state index in [9.17, 15) is 0 Å². The summed E-state index contributed by atoms with van der Waals surface area (Å²) in [5.41, 5.74) is 23.0. The molecule has 0 saturated heterocycles. The van der Waals surface area contributed by atoms with Crippen molar-refractivity contribution in [3.05, 3.63) is 185 Å². The second-order valence-electron chi connectivity index (χ2n) is 13.8. The van der Waals surface area contributed by atoms with Gasteiger partial charge in [-0.15, -0.1) is 0 Å². The van der Waals surface area contributed by atoms with E-state index >= 15 is 0 Å². The fourth-order valence-corrected chi connectivity index (χ4v) is 9.89. The Balaban J connectivity index is 1.23. The first-order valence-electron chi connectivity index (χ1n) is 17.4. The molecule has 0 saturated carbocycles. The van der Waals surface area contributed by atoms with Gasteiger partial charge in [-0.2, -0.15) is 0 Å². The van der Waals surface area contributed by atoms with Crippen LogP contribution in [-0.2, 0) is 18.3 Å². The predicted molar refractivity (Wildman–Crippen MR) is 198 cm³/mol. The van der Waals surface area contributed by atoms with E-state index in [0.29, 0.717) is 0 Å². The molecule has 48 heavy (non-hydrogen) atoms. The molecule has 0 aliphatic heterocycles. The molecular weight excluding hydrogens is 579 g/mol. The van der Waals surface area contributed by atoms with Gasteiger partial charge in [0.05, 0.1) is 16.8 Å². The third-order valence-corrected chi connectivity index (χ3v) is 11.6. The van der Waals surface area contributed by atoms with Crippen molar-refractivity contribution in [1.82, 2.24) is 0 Å². The molecule has 226 valence electrons. The number of hydrogen-bond donors (Lipinski definition) is 0. The summed E-state index contributed by atoms with van der Waals surface area (Å²) in [6.07, 6.45) is 4.85. The van der Waals surface area contributed by atoms with Crippen molar-refractivity contribution in [3.8, 4) is 44.5 Å². The van der Waals surface area contributed by atoms with Crippen LogP contribution in [0.5, 0.6) is 0 Å². The van der Waals surface area contributed by atoms with E-state index in [1.54, 1.807) is 0 Å². The van der Waals surface area contributed by atoms with Crippen molar-refractivity contribution in [2.75, 3.05) is 4.90 Å². The number of benzene rings is 7. The van der Waals surface area contributed by atoms with Gasteiger partial charge in [-0.1, -0.05) is 127 Å². The van der Waals surface area contributed by atoms with E-state index in [0.717, 1.165) is 6.42 Å². The molecule has 0 fully saturated rings. The Morgan fingerprint density at radius 3 is 1.81 bits per heavy atom. The van der Waals surface area contributed by atoms with Crippen LogP contribution in [0.25, 0.3) is 44.5 Å². The summed E-state index contributed by atoms with van der Waals surface area (Å²) in [5.74, 6) is 0. The lowest BCUT2D eigenvalue weighted by atomic mass is 9.73. The maximum Gasteiger partial charge on any atom is 0.0738 e. The fraction of sp³-hybridized carbons (Fsp3) is 0.106. The average molecular weight is 612 g/mol. The molecule has 7 aromatic carbocycles. The van der Waals surface area contributed by atoms with Crippen LogP contribution in [0.4, 0.5) is 17.1 Å². The quantitative estimate of drug-likeness (QED) is 0.191. The van der Waals surface area contributed by atoms with Crippen LogP contribution in [0.1, 0.15) is 46.2 Å². The first kappa shape index (κ1) is 26.4. The number of nitrogens with zero attached hydrogens (tertiary/aromatic N) is 1. The highest BCUT2D eigenvalue weighted by Crippen LogP contribution is 2.71. The minimum Gasteiger partial charge on any atom is -0.309 e. The lowest BCUT2D eigenvalue weighted by Gasteiger charge is -2.32. The van der Waals surface area contributed by atoms with Crippen molar-refractivity contribution in [1.29, 1.82) is 0 Å². The Morgan fingerprint density at radius 1 is 0.396 bits per heavy atom. The summed E-state index contributed by atoms with van der Waals surface area (Å²) in [4.78, 5) is 2.54. The second-order valence-corrected chi connectivity index (χ2v) is 13.8. The molecule has 1 atom stereocenters. The topological polar surface area (TPSA) is 3.24 Å². The largest absolute Gasteiger partial charge is 0.309 e. The predicted octanol–water partition coefficient (Wildman–Crippen LogP) is 12.0. The van der Waals surface area contributed by atoms with E-state index in [4.69, 9.17) is 0 Å². The molecule has 0 heterocycles. The van der Waals surface area contributed by atoms with Crippen molar-refractivity contribution in [2.45, 2.75) is 31.1 Å². The van der Waals surface area contributed by atoms with Crippen LogP contribution >= 0.6 is 0 Å². The van der Waals surface area contributed by atoms with Gasteiger partial charge >= 0.3 is 0 Å². The number of aryl methyl sites for hydroxylation is 1. The lowest BCUT2D eigenvalue weighted by molar-refractivity contribution is 0.687. The monoisotopic (exact) mass is 611 g/mol. The minimum absolute atomic E-state index is 0.305. The van der Waals surface area contributed by atoms with E-state index in [1.165, 1.54) is 114 Å². The van der Waals surface area contributed by atoms with Gasteiger partial charge < -0.3 is 4.90 Å². The van der Waals surface area contributed by atoms with Crippen LogP contribution in [0.15, 0.2) is 152 Å². The van der Waals surface area contributed by atoms with Crippen LogP contribution in [0.3, 0.4) is 0 Å². The van der Waals surface area contributed by atoms with E-state index in [1.807, 2.05) is 0 Å². The second kappa shape index (κ2) is 9.69. The molecule has 1 spiro atoms. The molecule has 4 aliphatic rings. The van der Waals surface area contributed by atoms with Gasteiger partial charge in [0.25, 0.3) is 0 Å². The maximum absolute atomic E-state index is 2.54. The average Bonchev–Trinajstić information content (AvgIpc) is 3.76. The molecule has 0 radical (unpaired) electrons. The number of hydrogen-bond acceptors (Lipinski definition) is 1. The van der Waals surface area contributed by atoms with Gasteiger partial charge in [0.2, 0.25) is 0 Å². The summed E-state index contributed by atoms with van der Waals surface area (Å²) in [6.45, 7) is 0. The van der Waals surface area contributed by atoms with Crippen LogP contribution in [-0.4, -0.2) is 0 Å². The molecule has 7 aromatic rings. The third kappa shape index (κ3) is 3.22. The lowest BCUT2D eigenvalue weighted by Crippen LogP contribution is -2.23. The van der Waals surface area contributed by atoms with Crippen LogP contribution < -0.4 is 4.90 Å². The zero-order chi connectivity index (χ0) is 31.4. The summed E-state index contributed by atoms with van der Waals surface area (Å²) in [5, 5.41) is 0. The molecule has 4 aliphatic carbocycles. The molecule has 1 nitrogen and oxygen atoms in total. The Kier molecular flexibility index (Phi) is 5.33. The molecule has 0 bridgehead atoms. The maximum atomic E-state index is 2.54. The van der Waals surface area contributed by atoms with E-state index < -0.39 is 0 Å². The Hall–Kier alpha value is -5.66. The van der Waals surface area contributed by atoms with Crippen molar-refractivity contribution >= 4 is 17.1 Å². The van der Waals surface area contributed by atoms with Gasteiger partial charge in [0.15, 0.2) is 0 Å². The van der Waals surface area contributed by atoms with Gasteiger partial charge in [-0.3, -0.25) is 0 Å². The standard InChI is InChI=1S/C47H33N/c1-2-16-31(17-3-1)48(42-28-9-7-20-35(42)33-21-10-15-30-14-4-5-18-32(30)33)43-29-13-27-41-44(43)39-25-12-24-38-37-23-11-22-36-34-19-6-8-26-40(34)47(41,45(36)37)46(38)39/h1-3,6-13,15-17,19-29H,4-5,14,18H2. The van der Waals surface area contributed by atoms with Gasteiger partial charge in [0, 0.05) is 16.8 Å². The molecular formula is C47H33N. The number of rotatable bonds is 4. The van der Waals surface area contributed by atoms with Crippen molar-refractivity contribution < 1.29 is 0 Å². The highest BCUT2D eigenvalue weighted by molar-refractivity contribution is 6.09. The molecule has 0 aromatic heterocycles. The third-order valence-electron chi connectivity index (χ3n) is 11.6. The number of para-hydroxylation sites is 2. The molecule has 1 heteroatoms. The highest BCUT2D eigenvalue weighted by Gasteiger charge is 2.57. The first-order chi connectivity index (χ1) is 23.9. The summed E-state index contributed by atoms with van der Waals surface area (Å²) < 4.78 is 0. The highest BCUT2D eigenvalue weighted by atomic mass is 15.1. The zero-order valence-corrected chi connectivity index (χ0v) is 26.7. The molecule has 1 unspecified atom stereocenters. The van der Waals surface area contributed by atoms with E-state index in [2.05, 4.69) is 157 Å². The van der Waals surface area contributed by atoms with Crippen molar-refractivity contribution in [2.24, 2.45) is 0 Å². The summed E-state index contributed by atoms with van der Waals surface area (Å²) >= 11 is 0. The Bertz CT molecular complexity index is 2450. The smallest absolute Gasteiger partial charge is 0.0738 e. The number of fused-ring (bicyclic) bond motifs is 6. The van der Waals surface area contributed by atoms with Gasteiger partial charge in [-0.25, -0.2) is 0 Å². The first-order valence-corrected chi connectivity index (χ1v) is 17.4. The molecule has 0 N–H and O–H groups in total. The zero-order valence-electron chi connectivity index (χ0n) is 26.7. The summed E-state index contributed by atoms with van der Waals surface area (Å²) in [7, 11) is 0. The molecule has 0 amide bonds. The van der Waals surface area contributed by atoms with Crippen LogP contribution in [0.2, 0.25) is 0 Å². The normalized spacial score (nSPS) is 16.9.